The molecule has 0 saturated carbocycles. The van der Waals surface area contributed by atoms with E-state index < -0.39 is 5.97 Å². The van der Waals surface area contributed by atoms with Crippen LogP contribution in [0.25, 0.3) is 0 Å². The number of carbonyl (C=O) groups is 1. The zero-order valence-electron chi connectivity index (χ0n) is 8.24. The molecule has 0 spiro atoms. The van der Waals surface area contributed by atoms with Crippen molar-refractivity contribution in [3.8, 4) is 0 Å². The first-order chi connectivity index (χ1) is 6.65. The zero-order valence-corrected chi connectivity index (χ0v) is 9.87. The Morgan fingerprint density at radius 1 is 1.64 bits per heavy atom. The molecular formula is C9H13NO2S2. The highest BCUT2D eigenvalue weighted by molar-refractivity contribution is 7.98. The van der Waals surface area contributed by atoms with E-state index in [4.69, 9.17) is 5.11 Å². The van der Waals surface area contributed by atoms with E-state index in [1.54, 1.807) is 18.7 Å². The third-order valence-electron chi connectivity index (χ3n) is 1.62. The molecule has 1 heterocycles. The number of hydrogen-bond donors (Lipinski definition) is 1. The Kier molecular flexibility index (Phi) is 4.41. The van der Waals surface area contributed by atoms with Crippen LogP contribution in [0.2, 0.25) is 0 Å². The first-order valence-corrected chi connectivity index (χ1v) is 6.39. The normalized spacial score (nSPS) is 10.4. The zero-order chi connectivity index (χ0) is 10.6. The summed E-state index contributed by atoms with van der Waals surface area (Å²) in [5, 5.41) is 9.70. The van der Waals surface area contributed by atoms with Gasteiger partial charge in [-0.15, -0.1) is 11.3 Å². The molecule has 1 aromatic rings. The number of nitrogens with zero attached hydrogens (tertiary/aromatic N) is 1. The van der Waals surface area contributed by atoms with Crippen molar-refractivity contribution >= 4 is 29.1 Å². The average Bonchev–Trinajstić information content (AvgIpc) is 2.47. The molecule has 1 N–H and O–H groups in total. The molecule has 1 aromatic heterocycles. The van der Waals surface area contributed by atoms with Crippen molar-refractivity contribution in [3.63, 3.8) is 0 Å². The Balaban J connectivity index is 2.62. The van der Waals surface area contributed by atoms with Crippen LogP contribution in [-0.2, 0) is 5.75 Å². The van der Waals surface area contributed by atoms with Crippen LogP contribution >= 0.6 is 23.1 Å². The van der Waals surface area contributed by atoms with Gasteiger partial charge in [-0.2, -0.15) is 11.8 Å². The smallest absolute Gasteiger partial charge is 0.355 e. The molecule has 3 nitrogen and oxygen atoms in total. The molecule has 0 radical (unpaired) electrons. The molecule has 0 aromatic carbocycles. The van der Waals surface area contributed by atoms with Crippen LogP contribution in [0.4, 0.5) is 0 Å². The van der Waals surface area contributed by atoms with Gasteiger partial charge < -0.3 is 5.11 Å². The van der Waals surface area contributed by atoms with Gasteiger partial charge in [0.15, 0.2) is 5.69 Å². The van der Waals surface area contributed by atoms with Gasteiger partial charge in [0.2, 0.25) is 0 Å². The second kappa shape index (κ2) is 5.36. The van der Waals surface area contributed by atoms with Crippen LogP contribution in [0.5, 0.6) is 0 Å². The molecule has 0 unspecified atom stereocenters. The second-order valence-electron chi connectivity index (χ2n) is 2.87. The minimum Gasteiger partial charge on any atom is -0.476 e. The molecule has 5 heteroatoms. The van der Waals surface area contributed by atoms with E-state index in [9.17, 15) is 4.79 Å². The van der Waals surface area contributed by atoms with Crippen molar-refractivity contribution < 1.29 is 9.90 Å². The molecule has 1 rings (SSSR count). The predicted molar refractivity (Wildman–Crippen MR) is 60.3 cm³/mol. The number of aromatic carboxylic acids is 1. The van der Waals surface area contributed by atoms with Gasteiger partial charge in [-0.25, -0.2) is 9.78 Å². The van der Waals surface area contributed by atoms with Crippen molar-refractivity contribution in [2.24, 2.45) is 0 Å². The Morgan fingerprint density at radius 3 is 2.86 bits per heavy atom. The fraction of sp³-hybridized carbons (Fsp3) is 0.556. The minimum absolute atomic E-state index is 0.210. The molecule has 78 valence electrons. The van der Waals surface area contributed by atoms with Gasteiger partial charge in [0.1, 0.15) is 5.01 Å². The highest BCUT2D eigenvalue weighted by atomic mass is 32.2. The van der Waals surface area contributed by atoms with Crippen molar-refractivity contribution in [1.82, 2.24) is 4.98 Å². The number of thiazole rings is 1. The van der Waals surface area contributed by atoms with Gasteiger partial charge in [0.05, 0.1) is 0 Å². The lowest BCUT2D eigenvalue weighted by Gasteiger charge is -1.93. The van der Waals surface area contributed by atoms with Crippen molar-refractivity contribution in [1.29, 1.82) is 0 Å². The van der Waals surface area contributed by atoms with Crippen LogP contribution in [0.15, 0.2) is 0 Å². The van der Waals surface area contributed by atoms with Crippen molar-refractivity contribution in [3.05, 3.63) is 15.6 Å². The summed E-state index contributed by atoms with van der Waals surface area (Å²) in [4.78, 5) is 15.6. The highest BCUT2D eigenvalue weighted by Crippen LogP contribution is 2.21. The number of aryl methyl sites for hydroxylation is 1. The van der Waals surface area contributed by atoms with Gasteiger partial charge in [0, 0.05) is 10.6 Å². The molecule has 0 aliphatic heterocycles. The number of rotatable bonds is 5. The van der Waals surface area contributed by atoms with Crippen LogP contribution in [0.1, 0.15) is 33.7 Å². The van der Waals surface area contributed by atoms with Crippen LogP contribution in [0, 0.1) is 6.92 Å². The number of thioether (sulfide) groups is 1. The molecular weight excluding hydrogens is 218 g/mol. The summed E-state index contributed by atoms with van der Waals surface area (Å²) < 4.78 is 0. The van der Waals surface area contributed by atoms with E-state index in [-0.39, 0.29) is 5.69 Å². The Hall–Kier alpha value is -0.550. The standard InChI is InChI=1S/C9H13NO2S2/c1-3-4-13-5-7-10-8(9(11)12)6(2)14-7/h3-5H2,1-2H3,(H,11,12). The predicted octanol–water partition coefficient (Wildman–Crippen LogP) is 2.79. The average molecular weight is 231 g/mol. The van der Waals surface area contributed by atoms with E-state index in [1.165, 1.54) is 11.3 Å². The molecule has 0 atom stereocenters. The van der Waals surface area contributed by atoms with Crippen molar-refractivity contribution in [2.45, 2.75) is 26.0 Å². The molecule has 0 saturated heterocycles. The maximum atomic E-state index is 10.7. The fourth-order valence-corrected chi connectivity index (χ4v) is 2.89. The maximum Gasteiger partial charge on any atom is 0.355 e. The first-order valence-electron chi connectivity index (χ1n) is 4.42. The largest absolute Gasteiger partial charge is 0.476 e. The van der Waals surface area contributed by atoms with Gasteiger partial charge >= 0.3 is 5.97 Å². The SMILES string of the molecule is CCCSCc1nc(C(=O)O)c(C)s1. The number of carboxylic acid groups (broad SMARTS) is 1. The number of hydrogen-bond acceptors (Lipinski definition) is 4. The topological polar surface area (TPSA) is 50.2 Å². The quantitative estimate of drug-likeness (QED) is 0.792. The summed E-state index contributed by atoms with van der Waals surface area (Å²) in [5.74, 6) is 0.999. The summed E-state index contributed by atoms with van der Waals surface area (Å²) in [6.07, 6.45) is 1.14. The maximum absolute atomic E-state index is 10.7. The minimum atomic E-state index is -0.925. The van der Waals surface area contributed by atoms with Crippen LogP contribution in [0.3, 0.4) is 0 Å². The lowest BCUT2D eigenvalue weighted by molar-refractivity contribution is 0.0690. The van der Waals surface area contributed by atoms with Crippen molar-refractivity contribution in [2.75, 3.05) is 5.75 Å². The summed E-state index contributed by atoms with van der Waals surface area (Å²) in [6.45, 7) is 3.93. The Morgan fingerprint density at radius 2 is 2.36 bits per heavy atom. The molecule has 0 aliphatic carbocycles. The van der Waals surface area contributed by atoms with Crippen LogP contribution < -0.4 is 0 Å². The fourth-order valence-electron chi connectivity index (χ4n) is 1.02. The van der Waals surface area contributed by atoms with E-state index in [1.807, 2.05) is 0 Å². The van der Waals surface area contributed by atoms with E-state index in [2.05, 4.69) is 11.9 Å². The summed E-state index contributed by atoms with van der Waals surface area (Å²) in [6, 6.07) is 0. The summed E-state index contributed by atoms with van der Waals surface area (Å²) in [5.41, 5.74) is 0.210. The third kappa shape index (κ3) is 2.99. The third-order valence-corrected chi connectivity index (χ3v) is 3.95. The molecule has 0 aliphatic rings. The monoisotopic (exact) mass is 231 g/mol. The Bertz CT molecular complexity index is 323. The highest BCUT2D eigenvalue weighted by Gasteiger charge is 2.13. The summed E-state index contributed by atoms with van der Waals surface area (Å²) >= 11 is 3.28. The Labute approximate surface area is 91.6 Å². The first kappa shape index (κ1) is 11.5. The van der Waals surface area contributed by atoms with Gasteiger partial charge in [-0.1, -0.05) is 6.92 Å². The molecule has 0 amide bonds. The number of carboxylic acids is 1. The summed E-state index contributed by atoms with van der Waals surface area (Å²) in [7, 11) is 0. The molecule has 0 fully saturated rings. The van der Waals surface area contributed by atoms with Crippen LogP contribution in [-0.4, -0.2) is 21.8 Å². The van der Waals surface area contributed by atoms with Gasteiger partial charge in [-0.3, -0.25) is 0 Å². The molecule has 0 bridgehead atoms. The van der Waals surface area contributed by atoms with E-state index in [0.717, 1.165) is 27.8 Å². The lowest BCUT2D eigenvalue weighted by Crippen LogP contribution is -1.98. The van der Waals surface area contributed by atoms with E-state index >= 15 is 0 Å². The second-order valence-corrected chi connectivity index (χ2v) is 5.26. The molecule has 14 heavy (non-hydrogen) atoms. The van der Waals surface area contributed by atoms with E-state index in [0.29, 0.717) is 0 Å². The number of aromatic nitrogens is 1. The van der Waals surface area contributed by atoms with Gasteiger partial charge in [0.25, 0.3) is 0 Å². The van der Waals surface area contributed by atoms with Gasteiger partial charge in [-0.05, 0) is 19.1 Å². The lowest BCUT2D eigenvalue weighted by atomic mass is 10.4.